The van der Waals surface area contributed by atoms with E-state index < -0.39 is 0 Å². The van der Waals surface area contributed by atoms with Crippen LogP contribution in [-0.4, -0.2) is 29.8 Å². The fraction of sp³-hybridized carbons (Fsp3) is 0.273. The number of piperidine rings is 1. The maximum Gasteiger partial charge on any atom is 0.270 e. The molecule has 0 aromatic heterocycles. The first-order chi connectivity index (χ1) is 13.0. The summed E-state index contributed by atoms with van der Waals surface area (Å²) in [5, 5.41) is 2.83. The number of aryl methyl sites for hydroxylation is 1. The van der Waals surface area contributed by atoms with Crippen LogP contribution < -0.4 is 5.32 Å². The Bertz CT molecular complexity index is 853. The molecule has 1 aliphatic heterocycles. The molecule has 4 nitrogen and oxygen atoms in total. The maximum absolute atomic E-state index is 13.0. The minimum atomic E-state index is -0.276. The van der Waals surface area contributed by atoms with E-state index >= 15 is 0 Å². The van der Waals surface area contributed by atoms with Crippen LogP contribution >= 0.6 is 15.9 Å². The highest BCUT2D eigenvalue weighted by Crippen LogP contribution is 2.17. The monoisotopic (exact) mass is 426 g/mol. The average molecular weight is 427 g/mol. The van der Waals surface area contributed by atoms with Crippen LogP contribution in [0.4, 0.5) is 0 Å². The third-order valence-corrected chi connectivity index (χ3v) is 5.09. The zero-order valence-electron chi connectivity index (χ0n) is 15.4. The lowest BCUT2D eigenvalue weighted by Crippen LogP contribution is -2.41. The van der Waals surface area contributed by atoms with Crippen molar-refractivity contribution in [3.63, 3.8) is 0 Å². The largest absolute Gasteiger partial charge is 0.337 e. The normalized spacial score (nSPS) is 14.7. The molecule has 0 atom stereocenters. The van der Waals surface area contributed by atoms with Crippen LogP contribution in [0.1, 0.15) is 40.7 Å². The number of carbonyl (C=O) groups is 2. The topological polar surface area (TPSA) is 49.4 Å². The standard InChI is InChI=1S/C22H23BrN2O2/c1-16-8-10-18(11-9-16)21(26)24-20(15-17-6-5-7-19(23)14-17)22(27)25-12-3-2-4-13-25/h5-11,14-15H,2-4,12-13H2,1H3,(H,24,26). The quantitative estimate of drug-likeness (QED) is 0.729. The zero-order chi connectivity index (χ0) is 19.2. The average Bonchev–Trinajstić information content (AvgIpc) is 2.68. The van der Waals surface area contributed by atoms with Gasteiger partial charge in [-0.2, -0.15) is 0 Å². The lowest BCUT2D eigenvalue weighted by molar-refractivity contribution is -0.128. The van der Waals surface area contributed by atoms with Crippen LogP contribution in [0.15, 0.2) is 58.7 Å². The van der Waals surface area contributed by atoms with Crippen LogP contribution in [0.5, 0.6) is 0 Å². The van der Waals surface area contributed by atoms with Crippen molar-refractivity contribution in [1.29, 1.82) is 0 Å². The molecule has 27 heavy (non-hydrogen) atoms. The van der Waals surface area contributed by atoms with E-state index in [9.17, 15) is 9.59 Å². The Labute approximate surface area is 168 Å². The van der Waals surface area contributed by atoms with Gasteiger partial charge in [0.25, 0.3) is 11.8 Å². The molecule has 140 valence electrons. The molecule has 1 heterocycles. The van der Waals surface area contributed by atoms with Crippen LogP contribution in [0.2, 0.25) is 0 Å². The lowest BCUT2D eigenvalue weighted by Gasteiger charge is -2.27. The van der Waals surface area contributed by atoms with Gasteiger partial charge in [0.05, 0.1) is 0 Å². The highest BCUT2D eigenvalue weighted by atomic mass is 79.9. The molecule has 0 saturated carbocycles. The van der Waals surface area contributed by atoms with Gasteiger partial charge >= 0.3 is 0 Å². The van der Waals surface area contributed by atoms with Gasteiger partial charge in [0.2, 0.25) is 0 Å². The fourth-order valence-corrected chi connectivity index (χ4v) is 3.50. The molecule has 0 aliphatic carbocycles. The molecule has 2 aromatic carbocycles. The first-order valence-corrected chi connectivity index (χ1v) is 9.97. The van der Waals surface area contributed by atoms with Crippen molar-refractivity contribution in [2.75, 3.05) is 13.1 Å². The van der Waals surface area contributed by atoms with E-state index in [1.807, 2.05) is 48.2 Å². The SMILES string of the molecule is Cc1ccc(C(=O)NC(=Cc2cccc(Br)c2)C(=O)N2CCCCC2)cc1. The van der Waals surface area contributed by atoms with Gasteiger partial charge in [-0.3, -0.25) is 9.59 Å². The van der Waals surface area contributed by atoms with Crippen molar-refractivity contribution in [3.8, 4) is 0 Å². The maximum atomic E-state index is 13.0. The zero-order valence-corrected chi connectivity index (χ0v) is 17.0. The van der Waals surface area contributed by atoms with Gasteiger partial charge in [-0.05, 0) is 62.1 Å². The van der Waals surface area contributed by atoms with E-state index in [0.717, 1.165) is 48.0 Å². The van der Waals surface area contributed by atoms with Gasteiger partial charge in [-0.25, -0.2) is 0 Å². The Balaban J connectivity index is 1.87. The van der Waals surface area contributed by atoms with Crippen molar-refractivity contribution in [2.24, 2.45) is 0 Å². The second-order valence-corrected chi connectivity index (χ2v) is 7.70. The second kappa shape index (κ2) is 9.00. The number of hydrogen-bond acceptors (Lipinski definition) is 2. The third-order valence-electron chi connectivity index (χ3n) is 4.60. The highest BCUT2D eigenvalue weighted by Gasteiger charge is 2.22. The molecule has 0 radical (unpaired) electrons. The van der Waals surface area contributed by atoms with E-state index in [-0.39, 0.29) is 11.8 Å². The van der Waals surface area contributed by atoms with Crippen molar-refractivity contribution in [3.05, 3.63) is 75.4 Å². The number of amides is 2. The summed E-state index contributed by atoms with van der Waals surface area (Å²) in [7, 11) is 0. The number of likely N-dealkylation sites (tertiary alicyclic amines) is 1. The summed E-state index contributed by atoms with van der Waals surface area (Å²) in [6.45, 7) is 3.43. The Morgan fingerprint density at radius 1 is 1.04 bits per heavy atom. The molecule has 3 rings (SSSR count). The molecular weight excluding hydrogens is 404 g/mol. The van der Waals surface area contributed by atoms with E-state index in [2.05, 4.69) is 21.2 Å². The molecule has 1 saturated heterocycles. The molecule has 1 fully saturated rings. The number of hydrogen-bond donors (Lipinski definition) is 1. The lowest BCUT2D eigenvalue weighted by atomic mass is 10.1. The Morgan fingerprint density at radius 3 is 2.41 bits per heavy atom. The van der Waals surface area contributed by atoms with E-state index in [1.165, 1.54) is 0 Å². The number of nitrogens with one attached hydrogen (secondary N) is 1. The summed E-state index contributed by atoms with van der Waals surface area (Å²) < 4.78 is 0.922. The molecule has 0 unspecified atom stereocenters. The molecule has 2 amide bonds. The van der Waals surface area contributed by atoms with E-state index in [1.54, 1.807) is 18.2 Å². The van der Waals surface area contributed by atoms with Gasteiger partial charge in [-0.1, -0.05) is 45.8 Å². The molecule has 5 heteroatoms. The molecule has 1 aliphatic rings. The highest BCUT2D eigenvalue weighted by molar-refractivity contribution is 9.10. The second-order valence-electron chi connectivity index (χ2n) is 6.79. The van der Waals surface area contributed by atoms with Crippen LogP contribution in [0, 0.1) is 6.92 Å². The van der Waals surface area contributed by atoms with Gasteiger partial charge in [0.15, 0.2) is 0 Å². The Morgan fingerprint density at radius 2 is 1.74 bits per heavy atom. The molecule has 0 bridgehead atoms. The summed E-state index contributed by atoms with van der Waals surface area (Å²) in [6, 6.07) is 15.0. The molecule has 2 aromatic rings. The predicted octanol–water partition coefficient (Wildman–Crippen LogP) is 4.54. The first kappa shape index (κ1) is 19.4. The summed E-state index contributed by atoms with van der Waals surface area (Å²) in [6.07, 6.45) is 4.89. The predicted molar refractivity (Wildman–Crippen MR) is 111 cm³/mol. The number of halogens is 1. The molecule has 1 N–H and O–H groups in total. The summed E-state index contributed by atoms with van der Waals surface area (Å²) >= 11 is 3.45. The summed E-state index contributed by atoms with van der Waals surface area (Å²) in [5.41, 5.74) is 2.78. The number of nitrogens with zero attached hydrogens (tertiary/aromatic N) is 1. The van der Waals surface area contributed by atoms with Gasteiger partial charge in [0.1, 0.15) is 5.70 Å². The van der Waals surface area contributed by atoms with Gasteiger partial charge < -0.3 is 10.2 Å². The van der Waals surface area contributed by atoms with Gasteiger partial charge in [-0.15, -0.1) is 0 Å². The number of benzene rings is 2. The van der Waals surface area contributed by atoms with Crippen molar-refractivity contribution < 1.29 is 9.59 Å². The molecule has 0 spiro atoms. The van der Waals surface area contributed by atoms with Gasteiger partial charge in [0, 0.05) is 23.1 Å². The number of rotatable bonds is 4. The van der Waals surface area contributed by atoms with Crippen molar-refractivity contribution in [2.45, 2.75) is 26.2 Å². The van der Waals surface area contributed by atoms with Crippen molar-refractivity contribution >= 4 is 33.8 Å². The van der Waals surface area contributed by atoms with Crippen LogP contribution in [0.25, 0.3) is 6.08 Å². The summed E-state index contributed by atoms with van der Waals surface area (Å²) in [5.74, 6) is -0.406. The van der Waals surface area contributed by atoms with Crippen LogP contribution in [-0.2, 0) is 4.79 Å². The van der Waals surface area contributed by atoms with E-state index in [0.29, 0.717) is 11.3 Å². The minimum Gasteiger partial charge on any atom is -0.337 e. The third kappa shape index (κ3) is 5.30. The van der Waals surface area contributed by atoms with E-state index in [4.69, 9.17) is 0 Å². The van der Waals surface area contributed by atoms with Crippen molar-refractivity contribution in [1.82, 2.24) is 10.2 Å². The Hall–Kier alpha value is -2.40. The smallest absolute Gasteiger partial charge is 0.270 e. The Kier molecular flexibility index (Phi) is 6.45. The number of carbonyl (C=O) groups excluding carboxylic acids is 2. The minimum absolute atomic E-state index is 0.130. The first-order valence-electron chi connectivity index (χ1n) is 9.17. The summed E-state index contributed by atoms with van der Waals surface area (Å²) in [4.78, 5) is 27.5. The fourth-order valence-electron chi connectivity index (χ4n) is 3.08. The molecular formula is C22H23BrN2O2. The van der Waals surface area contributed by atoms with Crippen LogP contribution in [0.3, 0.4) is 0 Å².